The van der Waals surface area contributed by atoms with Crippen LogP contribution in [0.2, 0.25) is 0 Å². The van der Waals surface area contributed by atoms with Crippen molar-refractivity contribution in [2.45, 2.75) is 13.8 Å². The predicted molar refractivity (Wildman–Crippen MR) is 130 cm³/mol. The number of fused-ring (bicyclic) bond motifs is 3. The van der Waals surface area contributed by atoms with Crippen LogP contribution >= 0.6 is 0 Å². The highest BCUT2D eigenvalue weighted by Gasteiger charge is 2.27. The molecule has 9 nitrogen and oxygen atoms in total. The van der Waals surface area contributed by atoms with E-state index < -0.39 is 28.4 Å². The minimum atomic E-state index is -1.36. The van der Waals surface area contributed by atoms with Crippen molar-refractivity contribution in [1.82, 2.24) is 0 Å². The fraction of sp³-hybridized carbons (Fsp3) is 0.0741. The first kappa shape index (κ1) is 22.7. The number of carbonyl (C=O) groups excluding carboxylic acids is 2. The van der Waals surface area contributed by atoms with Crippen molar-refractivity contribution in [2.75, 3.05) is 0 Å². The molecule has 0 aliphatic heterocycles. The Labute approximate surface area is 200 Å². The summed E-state index contributed by atoms with van der Waals surface area (Å²) in [6, 6.07) is 9.18. The molecule has 0 fully saturated rings. The fourth-order valence-electron chi connectivity index (χ4n) is 4.40. The number of benzene rings is 3. The molecule has 36 heavy (non-hydrogen) atoms. The van der Waals surface area contributed by atoms with E-state index in [9.17, 15) is 34.2 Å². The maximum Gasteiger partial charge on any atom is 0.336 e. The lowest BCUT2D eigenvalue weighted by atomic mass is 9.88. The molecule has 0 spiro atoms. The molecule has 0 aliphatic rings. The van der Waals surface area contributed by atoms with Crippen molar-refractivity contribution in [3.63, 3.8) is 0 Å². The molecule has 0 bridgehead atoms. The van der Waals surface area contributed by atoms with Crippen LogP contribution in [0, 0.1) is 0 Å². The van der Waals surface area contributed by atoms with Gasteiger partial charge in [0, 0.05) is 11.1 Å². The molecule has 3 aromatic carbocycles. The van der Waals surface area contributed by atoms with Gasteiger partial charge in [0.2, 0.25) is 10.9 Å². The standard InChI is InChI=1S/C27H16O9/c1-11(28)15-9-17-24(31)16-8-13(30)6-7-19(16)36-26(17)21(12(2)29)22(15)18-10-35-20-5-3-4-14(27(33)34)23(20)25(18)32/h3-10,30H,1-2H3,(H,33,34). The van der Waals surface area contributed by atoms with Crippen LogP contribution in [0.1, 0.15) is 44.9 Å². The number of carboxylic acids is 1. The Morgan fingerprint density at radius 3 is 2.25 bits per heavy atom. The van der Waals surface area contributed by atoms with Crippen molar-refractivity contribution >= 4 is 50.4 Å². The molecule has 178 valence electrons. The van der Waals surface area contributed by atoms with Gasteiger partial charge >= 0.3 is 5.97 Å². The van der Waals surface area contributed by atoms with E-state index in [1.165, 1.54) is 56.3 Å². The van der Waals surface area contributed by atoms with Gasteiger partial charge in [-0.25, -0.2) is 4.79 Å². The van der Waals surface area contributed by atoms with E-state index in [1.807, 2.05) is 0 Å². The molecule has 0 amide bonds. The van der Waals surface area contributed by atoms with E-state index >= 15 is 0 Å². The lowest BCUT2D eigenvalue weighted by Crippen LogP contribution is -2.15. The molecule has 0 unspecified atom stereocenters. The zero-order valence-corrected chi connectivity index (χ0v) is 18.9. The van der Waals surface area contributed by atoms with Gasteiger partial charge in [0.15, 0.2) is 11.6 Å². The monoisotopic (exact) mass is 484 g/mol. The van der Waals surface area contributed by atoms with Crippen LogP contribution in [0.3, 0.4) is 0 Å². The molecule has 9 heteroatoms. The fourth-order valence-corrected chi connectivity index (χ4v) is 4.40. The molecule has 0 atom stereocenters. The summed E-state index contributed by atoms with van der Waals surface area (Å²) in [4.78, 5) is 64.3. The summed E-state index contributed by atoms with van der Waals surface area (Å²) in [6.07, 6.45) is 1.05. The number of phenols is 1. The number of hydrogen-bond donors (Lipinski definition) is 2. The van der Waals surface area contributed by atoms with Crippen LogP contribution in [0.4, 0.5) is 0 Å². The summed E-state index contributed by atoms with van der Waals surface area (Å²) in [5, 5.41) is 19.1. The minimum Gasteiger partial charge on any atom is -0.508 e. The number of aromatic carboxylic acids is 1. The SMILES string of the molecule is CC(=O)c1cc2c(=O)c3cc(O)ccc3oc2c(C(C)=O)c1-c1coc2cccc(C(=O)O)c2c1=O. The van der Waals surface area contributed by atoms with Crippen LogP contribution in [-0.4, -0.2) is 27.7 Å². The number of ketones is 2. The Morgan fingerprint density at radius 1 is 0.833 bits per heavy atom. The van der Waals surface area contributed by atoms with Crippen molar-refractivity contribution in [1.29, 1.82) is 0 Å². The van der Waals surface area contributed by atoms with E-state index in [1.54, 1.807) is 0 Å². The number of carboxylic acid groups (broad SMARTS) is 1. The Bertz CT molecular complexity index is 1920. The second-order valence-corrected chi connectivity index (χ2v) is 8.24. The minimum absolute atomic E-state index is 0.00974. The Hall–Kier alpha value is -5.05. The highest BCUT2D eigenvalue weighted by molar-refractivity contribution is 6.17. The van der Waals surface area contributed by atoms with Crippen molar-refractivity contribution < 1.29 is 33.4 Å². The van der Waals surface area contributed by atoms with Gasteiger partial charge in [-0.1, -0.05) is 6.07 Å². The number of carbonyl (C=O) groups is 3. The molecule has 2 N–H and O–H groups in total. The summed E-state index contributed by atoms with van der Waals surface area (Å²) >= 11 is 0. The summed E-state index contributed by atoms with van der Waals surface area (Å²) in [5.41, 5.74) is -2.43. The average molecular weight is 484 g/mol. The van der Waals surface area contributed by atoms with Gasteiger partial charge in [-0.05, 0) is 50.2 Å². The first-order chi connectivity index (χ1) is 17.1. The van der Waals surface area contributed by atoms with E-state index in [4.69, 9.17) is 8.83 Å². The first-order valence-corrected chi connectivity index (χ1v) is 10.7. The van der Waals surface area contributed by atoms with E-state index in [2.05, 4.69) is 0 Å². The van der Waals surface area contributed by atoms with Crippen LogP contribution in [0.25, 0.3) is 44.0 Å². The van der Waals surface area contributed by atoms with Gasteiger partial charge in [-0.3, -0.25) is 19.2 Å². The molecule has 0 saturated carbocycles. The van der Waals surface area contributed by atoms with Gasteiger partial charge < -0.3 is 19.0 Å². The predicted octanol–water partition coefficient (Wildman–Crippen LogP) is 4.53. The third-order valence-electron chi connectivity index (χ3n) is 5.98. The molecular formula is C27H16O9. The third-order valence-corrected chi connectivity index (χ3v) is 5.98. The zero-order valence-electron chi connectivity index (χ0n) is 18.9. The number of hydrogen-bond acceptors (Lipinski definition) is 8. The highest BCUT2D eigenvalue weighted by Crippen LogP contribution is 2.35. The number of phenolic OH excluding ortho intramolecular Hbond substituents is 1. The summed E-state index contributed by atoms with van der Waals surface area (Å²) in [5.74, 6) is -2.70. The number of rotatable bonds is 4. The van der Waals surface area contributed by atoms with Gasteiger partial charge in [0.05, 0.1) is 32.8 Å². The first-order valence-electron chi connectivity index (χ1n) is 10.7. The Morgan fingerprint density at radius 2 is 1.58 bits per heavy atom. The molecule has 2 heterocycles. The second-order valence-electron chi connectivity index (χ2n) is 8.24. The van der Waals surface area contributed by atoms with Gasteiger partial charge in [0.25, 0.3) is 0 Å². The topological polar surface area (TPSA) is 152 Å². The molecule has 0 radical (unpaired) electrons. The van der Waals surface area contributed by atoms with Gasteiger partial charge in [-0.15, -0.1) is 0 Å². The highest BCUT2D eigenvalue weighted by atomic mass is 16.4. The number of aromatic hydroxyl groups is 1. The van der Waals surface area contributed by atoms with Gasteiger partial charge in [0.1, 0.15) is 28.8 Å². The third kappa shape index (κ3) is 3.29. The molecule has 0 aliphatic carbocycles. The maximum absolute atomic E-state index is 13.6. The summed E-state index contributed by atoms with van der Waals surface area (Å²) in [7, 11) is 0. The van der Waals surface area contributed by atoms with Crippen molar-refractivity contribution in [2.24, 2.45) is 0 Å². The lowest BCUT2D eigenvalue weighted by molar-refractivity contribution is 0.0698. The maximum atomic E-state index is 13.6. The number of Topliss-reactive ketones (excluding diaryl/α,β-unsaturated/α-hetero) is 2. The van der Waals surface area contributed by atoms with Crippen LogP contribution in [0.15, 0.2) is 67.2 Å². The quantitative estimate of drug-likeness (QED) is 0.277. The lowest BCUT2D eigenvalue weighted by Gasteiger charge is -2.15. The molecular weight excluding hydrogens is 468 g/mol. The molecule has 5 rings (SSSR count). The van der Waals surface area contributed by atoms with E-state index in [-0.39, 0.29) is 66.5 Å². The van der Waals surface area contributed by atoms with Crippen LogP contribution in [0.5, 0.6) is 5.75 Å². The Balaban J connectivity index is 2.02. The summed E-state index contributed by atoms with van der Waals surface area (Å²) in [6.45, 7) is 2.39. The van der Waals surface area contributed by atoms with Crippen molar-refractivity contribution in [3.05, 3.63) is 85.9 Å². The molecule has 2 aromatic heterocycles. The van der Waals surface area contributed by atoms with Crippen molar-refractivity contribution in [3.8, 4) is 16.9 Å². The Kier molecular flexibility index (Phi) is 5.06. The average Bonchev–Trinajstić information content (AvgIpc) is 2.83. The zero-order chi connectivity index (χ0) is 25.9. The van der Waals surface area contributed by atoms with E-state index in [0.717, 1.165) is 6.26 Å². The van der Waals surface area contributed by atoms with Crippen LogP contribution in [-0.2, 0) is 0 Å². The second kappa shape index (κ2) is 8.02. The largest absolute Gasteiger partial charge is 0.508 e. The van der Waals surface area contributed by atoms with Crippen LogP contribution < -0.4 is 10.9 Å². The van der Waals surface area contributed by atoms with E-state index in [0.29, 0.717) is 0 Å². The van der Waals surface area contributed by atoms with Gasteiger partial charge in [-0.2, -0.15) is 0 Å². The normalized spacial score (nSPS) is 11.3. The summed E-state index contributed by atoms with van der Waals surface area (Å²) < 4.78 is 11.4. The molecule has 0 saturated heterocycles. The molecule has 5 aromatic rings. The smallest absolute Gasteiger partial charge is 0.336 e.